The molecule has 0 saturated heterocycles. The van der Waals surface area contributed by atoms with E-state index in [-0.39, 0.29) is 12.7 Å². The zero-order valence-electron chi connectivity index (χ0n) is 15.5. The fraction of sp³-hybridized carbons (Fsp3) is 0.0952. The zero-order valence-corrected chi connectivity index (χ0v) is 16.3. The second-order valence-corrected chi connectivity index (χ2v) is 7.32. The summed E-state index contributed by atoms with van der Waals surface area (Å²) in [5.41, 5.74) is 3.10. The Bertz CT molecular complexity index is 1200. The van der Waals surface area contributed by atoms with Gasteiger partial charge in [-0.2, -0.15) is 9.78 Å². The average molecular weight is 404 g/mol. The molecule has 0 saturated carbocycles. The van der Waals surface area contributed by atoms with E-state index >= 15 is 0 Å². The molecule has 2 aromatic heterocycles. The summed E-state index contributed by atoms with van der Waals surface area (Å²) in [6.07, 6.45) is 0. The van der Waals surface area contributed by atoms with Crippen LogP contribution >= 0.6 is 11.3 Å². The smallest absolute Gasteiger partial charge is 0.256 e. The molecule has 1 amide bonds. The van der Waals surface area contributed by atoms with E-state index in [9.17, 15) is 4.79 Å². The van der Waals surface area contributed by atoms with Gasteiger partial charge in [-0.1, -0.05) is 18.2 Å². The van der Waals surface area contributed by atoms with Crippen LogP contribution in [-0.4, -0.2) is 27.5 Å². The second-order valence-electron chi connectivity index (χ2n) is 6.49. The highest BCUT2D eigenvalue weighted by molar-refractivity contribution is 7.12. The third-order valence-corrected chi connectivity index (χ3v) is 5.27. The second kappa shape index (κ2) is 7.06. The lowest BCUT2D eigenvalue weighted by molar-refractivity contribution is 0.102. The summed E-state index contributed by atoms with van der Waals surface area (Å²) in [7, 11) is 0. The SMILES string of the molecule is Cc1cc(NC(=O)c2ccccc2)n(-c2nc(-c3ccc4c(c3)OCO4)cs2)n1. The molecule has 0 fully saturated rings. The molecular weight excluding hydrogens is 388 g/mol. The highest BCUT2D eigenvalue weighted by Gasteiger charge is 2.17. The number of carbonyl (C=O) groups is 1. The van der Waals surface area contributed by atoms with Crippen molar-refractivity contribution < 1.29 is 14.3 Å². The van der Waals surface area contributed by atoms with Gasteiger partial charge >= 0.3 is 0 Å². The molecule has 1 aliphatic rings. The highest BCUT2D eigenvalue weighted by atomic mass is 32.1. The Morgan fingerprint density at radius 2 is 1.93 bits per heavy atom. The van der Waals surface area contributed by atoms with E-state index in [0.717, 1.165) is 22.7 Å². The number of fused-ring (bicyclic) bond motifs is 1. The summed E-state index contributed by atoms with van der Waals surface area (Å²) in [5.74, 6) is 1.82. The molecule has 1 aliphatic heterocycles. The molecular formula is C21H16N4O3S. The van der Waals surface area contributed by atoms with Gasteiger partial charge < -0.3 is 14.8 Å². The van der Waals surface area contributed by atoms with Crippen LogP contribution in [0.3, 0.4) is 0 Å². The predicted molar refractivity (Wildman–Crippen MR) is 110 cm³/mol. The number of nitrogens with one attached hydrogen (secondary N) is 1. The fourth-order valence-corrected chi connectivity index (χ4v) is 3.86. The fourth-order valence-electron chi connectivity index (χ4n) is 3.06. The first kappa shape index (κ1) is 17.4. The maximum absolute atomic E-state index is 12.5. The Balaban J connectivity index is 1.44. The van der Waals surface area contributed by atoms with Gasteiger partial charge in [-0.05, 0) is 37.3 Å². The molecule has 0 aliphatic carbocycles. The molecule has 1 N–H and O–H groups in total. The van der Waals surface area contributed by atoms with Gasteiger partial charge in [-0.25, -0.2) is 4.98 Å². The normalized spacial score (nSPS) is 12.2. The number of aryl methyl sites for hydroxylation is 1. The van der Waals surface area contributed by atoms with E-state index in [4.69, 9.17) is 14.5 Å². The van der Waals surface area contributed by atoms with Gasteiger partial charge in [0, 0.05) is 22.6 Å². The third kappa shape index (κ3) is 3.34. The molecule has 0 unspecified atom stereocenters. The molecule has 0 spiro atoms. The number of benzene rings is 2. The molecule has 0 atom stereocenters. The number of anilines is 1. The molecule has 2 aromatic carbocycles. The van der Waals surface area contributed by atoms with E-state index in [1.54, 1.807) is 16.8 Å². The Kier molecular flexibility index (Phi) is 4.25. The van der Waals surface area contributed by atoms with E-state index in [1.807, 2.05) is 54.8 Å². The Morgan fingerprint density at radius 1 is 1.10 bits per heavy atom. The van der Waals surface area contributed by atoms with Crippen molar-refractivity contribution in [2.24, 2.45) is 0 Å². The quantitative estimate of drug-likeness (QED) is 0.549. The molecule has 144 valence electrons. The first-order valence-corrected chi connectivity index (χ1v) is 9.84. The number of rotatable bonds is 4. The summed E-state index contributed by atoms with van der Waals surface area (Å²) in [6, 6.07) is 16.6. The largest absolute Gasteiger partial charge is 0.454 e. The Labute approximate surface area is 170 Å². The molecule has 3 heterocycles. The van der Waals surface area contributed by atoms with Crippen LogP contribution in [0.2, 0.25) is 0 Å². The van der Waals surface area contributed by atoms with Crippen LogP contribution in [0.15, 0.2) is 60.0 Å². The minimum absolute atomic E-state index is 0.195. The van der Waals surface area contributed by atoms with Crippen LogP contribution in [0.25, 0.3) is 16.4 Å². The van der Waals surface area contributed by atoms with Crippen molar-refractivity contribution in [3.63, 3.8) is 0 Å². The summed E-state index contributed by atoms with van der Waals surface area (Å²) in [6.45, 7) is 2.11. The lowest BCUT2D eigenvalue weighted by atomic mass is 10.1. The van der Waals surface area contributed by atoms with Crippen LogP contribution < -0.4 is 14.8 Å². The van der Waals surface area contributed by atoms with Crippen molar-refractivity contribution in [1.29, 1.82) is 0 Å². The van der Waals surface area contributed by atoms with Crippen molar-refractivity contribution in [2.75, 3.05) is 12.1 Å². The number of thiazole rings is 1. The molecule has 5 rings (SSSR count). The highest BCUT2D eigenvalue weighted by Crippen LogP contribution is 2.36. The molecule has 7 nitrogen and oxygen atoms in total. The van der Waals surface area contributed by atoms with Gasteiger partial charge in [0.15, 0.2) is 11.5 Å². The van der Waals surface area contributed by atoms with Crippen LogP contribution in [0.4, 0.5) is 5.82 Å². The van der Waals surface area contributed by atoms with Gasteiger partial charge in [-0.15, -0.1) is 11.3 Å². The number of nitrogens with zero attached hydrogens (tertiary/aromatic N) is 3. The molecule has 4 aromatic rings. The Hall–Kier alpha value is -3.65. The number of hydrogen-bond acceptors (Lipinski definition) is 6. The molecule has 8 heteroatoms. The van der Waals surface area contributed by atoms with Crippen LogP contribution in [0.5, 0.6) is 11.5 Å². The van der Waals surface area contributed by atoms with E-state index in [0.29, 0.717) is 22.3 Å². The maximum atomic E-state index is 12.5. The lowest BCUT2D eigenvalue weighted by Crippen LogP contribution is -2.14. The van der Waals surface area contributed by atoms with Crippen molar-refractivity contribution in [2.45, 2.75) is 6.92 Å². The topological polar surface area (TPSA) is 78.3 Å². The lowest BCUT2D eigenvalue weighted by Gasteiger charge is -2.06. The summed E-state index contributed by atoms with van der Waals surface area (Å²) < 4.78 is 12.5. The third-order valence-electron chi connectivity index (χ3n) is 4.45. The summed E-state index contributed by atoms with van der Waals surface area (Å²) in [4.78, 5) is 17.2. The van der Waals surface area contributed by atoms with Gasteiger partial charge in [0.25, 0.3) is 5.91 Å². The van der Waals surface area contributed by atoms with E-state index < -0.39 is 0 Å². The average Bonchev–Trinajstić information content (AvgIpc) is 3.47. The van der Waals surface area contributed by atoms with Crippen molar-refractivity contribution >= 4 is 23.1 Å². The number of ether oxygens (including phenoxy) is 2. The molecule has 29 heavy (non-hydrogen) atoms. The number of carbonyl (C=O) groups excluding carboxylic acids is 1. The van der Waals surface area contributed by atoms with Crippen molar-refractivity contribution in [3.8, 4) is 27.9 Å². The van der Waals surface area contributed by atoms with Crippen molar-refractivity contribution in [1.82, 2.24) is 14.8 Å². The monoisotopic (exact) mass is 404 g/mol. The number of amides is 1. The van der Waals surface area contributed by atoms with Gasteiger partial charge in [0.2, 0.25) is 11.9 Å². The Morgan fingerprint density at radius 3 is 2.79 bits per heavy atom. The first-order chi connectivity index (χ1) is 14.2. The first-order valence-electron chi connectivity index (χ1n) is 8.96. The van der Waals surface area contributed by atoms with E-state index in [1.165, 1.54) is 11.3 Å². The van der Waals surface area contributed by atoms with E-state index in [2.05, 4.69) is 10.4 Å². The number of hydrogen-bond donors (Lipinski definition) is 1. The number of aromatic nitrogens is 3. The van der Waals surface area contributed by atoms with Gasteiger partial charge in [0.05, 0.1) is 11.4 Å². The van der Waals surface area contributed by atoms with Crippen LogP contribution in [-0.2, 0) is 0 Å². The molecule has 0 radical (unpaired) electrons. The molecule has 0 bridgehead atoms. The zero-order chi connectivity index (χ0) is 19.8. The van der Waals surface area contributed by atoms with Crippen LogP contribution in [0.1, 0.15) is 16.1 Å². The van der Waals surface area contributed by atoms with Gasteiger partial charge in [0.1, 0.15) is 5.82 Å². The standard InChI is InChI=1S/C21H16N4O3S/c1-13-9-19(23-20(26)14-5-3-2-4-6-14)25(24-13)21-22-16(11-29-21)15-7-8-17-18(10-15)28-12-27-17/h2-11H,12H2,1H3,(H,23,26). The summed E-state index contributed by atoms with van der Waals surface area (Å²) >= 11 is 1.45. The maximum Gasteiger partial charge on any atom is 0.256 e. The van der Waals surface area contributed by atoms with Crippen LogP contribution in [0, 0.1) is 6.92 Å². The predicted octanol–water partition coefficient (Wildman–Crippen LogP) is 4.29. The van der Waals surface area contributed by atoms with Crippen molar-refractivity contribution in [3.05, 3.63) is 71.2 Å². The minimum Gasteiger partial charge on any atom is -0.454 e. The van der Waals surface area contributed by atoms with Gasteiger partial charge in [-0.3, -0.25) is 4.79 Å². The minimum atomic E-state index is -0.195. The summed E-state index contributed by atoms with van der Waals surface area (Å²) in [5, 5.41) is 10.0.